The number of hydrogen-bond acceptors (Lipinski definition) is 3. The molecule has 5 nitrogen and oxygen atoms in total. The van der Waals surface area contributed by atoms with Crippen LogP contribution in [0.1, 0.15) is 17.5 Å². The van der Waals surface area contributed by atoms with E-state index in [0.29, 0.717) is 5.76 Å². The lowest BCUT2D eigenvalue weighted by molar-refractivity contribution is -0.898. The summed E-state index contributed by atoms with van der Waals surface area (Å²) in [7, 11) is 0. The van der Waals surface area contributed by atoms with E-state index in [0.717, 1.165) is 18.8 Å². The minimum Gasteiger partial charge on any atom is -0.459 e. The van der Waals surface area contributed by atoms with Crippen LogP contribution in [0.5, 0.6) is 0 Å². The molecule has 0 unspecified atom stereocenters. The Morgan fingerprint density at radius 1 is 1.23 bits per heavy atom. The summed E-state index contributed by atoms with van der Waals surface area (Å²) in [4.78, 5) is 16.0. The van der Waals surface area contributed by atoms with Crippen molar-refractivity contribution in [2.45, 2.75) is 6.92 Å². The number of furan rings is 1. The highest BCUT2D eigenvalue weighted by Gasteiger charge is 2.18. The molecule has 0 bridgehead atoms. The average Bonchev–Trinajstić information content (AvgIpc) is 3.10. The molecule has 0 aliphatic carbocycles. The molecule has 0 radical (unpaired) electrons. The molecule has 2 heterocycles. The first kappa shape index (κ1) is 14.7. The predicted molar refractivity (Wildman–Crippen MR) is 86.6 cm³/mol. The molecular formula is C17H22N3O2+. The van der Waals surface area contributed by atoms with Gasteiger partial charge in [0, 0.05) is 11.4 Å². The van der Waals surface area contributed by atoms with Gasteiger partial charge in [-0.15, -0.1) is 0 Å². The van der Waals surface area contributed by atoms with Gasteiger partial charge in [-0.2, -0.15) is 0 Å². The number of carbonyl (C=O) groups excluding carboxylic acids is 1. The van der Waals surface area contributed by atoms with Gasteiger partial charge in [0.05, 0.1) is 39.0 Å². The first-order valence-corrected chi connectivity index (χ1v) is 7.79. The minimum atomic E-state index is -0.224. The number of amides is 1. The number of piperazine rings is 1. The molecule has 1 aliphatic rings. The predicted octanol–water partition coefficient (Wildman–Crippen LogP) is 1.26. The number of benzene rings is 1. The van der Waals surface area contributed by atoms with Crippen molar-refractivity contribution >= 4 is 17.3 Å². The number of likely N-dealkylation sites (N-methyl/N-ethyl adjacent to an activating group) is 1. The maximum Gasteiger partial charge on any atom is 0.291 e. The number of rotatable bonds is 4. The van der Waals surface area contributed by atoms with Gasteiger partial charge in [-0.05, 0) is 43.3 Å². The zero-order chi connectivity index (χ0) is 15.4. The van der Waals surface area contributed by atoms with E-state index in [4.69, 9.17) is 4.42 Å². The molecule has 2 N–H and O–H groups in total. The summed E-state index contributed by atoms with van der Waals surface area (Å²) in [5.41, 5.74) is 1.99. The quantitative estimate of drug-likeness (QED) is 0.894. The lowest BCUT2D eigenvalue weighted by Gasteiger charge is -2.33. The number of hydrogen-bond donors (Lipinski definition) is 2. The summed E-state index contributed by atoms with van der Waals surface area (Å²) in [5.74, 6) is 0.0978. The number of nitrogens with one attached hydrogen (secondary N) is 2. The van der Waals surface area contributed by atoms with Gasteiger partial charge in [0.2, 0.25) is 0 Å². The highest BCUT2D eigenvalue weighted by atomic mass is 16.3. The van der Waals surface area contributed by atoms with E-state index in [1.165, 1.54) is 31.6 Å². The van der Waals surface area contributed by atoms with Crippen LogP contribution in [0.4, 0.5) is 11.4 Å². The van der Waals surface area contributed by atoms with E-state index in [9.17, 15) is 4.79 Å². The van der Waals surface area contributed by atoms with Crippen LogP contribution in [0.2, 0.25) is 0 Å². The molecular weight excluding hydrogens is 278 g/mol. The Morgan fingerprint density at radius 2 is 1.95 bits per heavy atom. The molecule has 1 aliphatic heterocycles. The SMILES string of the molecule is CC[NH+]1CCN(c2ccc(NC(=O)c3ccco3)cc2)CC1. The fourth-order valence-electron chi connectivity index (χ4n) is 2.79. The Kier molecular flexibility index (Phi) is 4.44. The third-order valence-corrected chi connectivity index (χ3v) is 4.21. The second kappa shape index (κ2) is 6.66. The van der Waals surface area contributed by atoms with E-state index in [1.54, 1.807) is 17.0 Å². The van der Waals surface area contributed by atoms with Crippen molar-refractivity contribution in [2.24, 2.45) is 0 Å². The van der Waals surface area contributed by atoms with E-state index in [2.05, 4.69) is 29.3 Å². The largest absolute Gasteiger partial charge is 0.459 e. The normalized spacial score (nSPS) is 15.8. The van der Waals surface area contributed by atoms with Crippen molar-refractivity contribution in [2.75, 3.05) is 42.9 Å². The summed E-state index contributed by atoms with van der Waals surface area (Å²) < 4.78 is 5.08. The number of quaternary nitrogens is 1. The summed E-state index contributed by atoms with van der Waals surface area (Å²) in [5, 5.41) is 2.84. The van der Waals surface area contributed by atoms with Gasteiger partial charge in [-0.3, -0.25) is 4.79 Å². The van der Waals surface area contributed by atoms with Gasteiger partial charge in [0.15, 0.2) is 5.76 Å². The maximum atomic E-state index is 11.9. The Morgan fingerprint density at radius 3 is 2.55 bits per heavy atom. The Balaban J connectivity index is 1.60. The van der Waals surface area contributed by atoms with Crippen LogP contribution in [0.15, 0.2) is 47.1 Å². The molecule has 1 aromatic heterocycles. The van der Waals surface area contributed by atoms with Gasteiger partial charge in [0.25, 0.3) is 5.91 Å². The monoisotopic (exact) mass is 300 g/mol. The number of nitrogens with zero attached hydrogens (tertiary/aromatic N) is 1. The van der Waals surface area contributed by atoms with Crippen LogP contribution in [-0.2, 0) is 0 Å². The first-order chi connectivity index (χ1) is 10.8. The number of anilines is 2. The molecule has 5 heteroatoms. The zero-order valence-electron chi connectivity index (χ0n) is 12.8. The van der Waals surface area contributed by atoms with Crippen LogP contribution < -0.4 is 15.1 Å². The van der Waals surface area contributed by atoms with Crippen molar-refractivity contribution in [1.29, 1.82) is 0 Å². The zero-order valence-corrected chi connectivity index (χ0v) is 12.8. The molecule has 1 amide bonds. The molecule has 1 saturated heterocycles. The van der Waals surface area contributed by atoms with Crippen molar-refractivity contribution in [1.82, 2.24) is 0 Å². The standard InChI is InChI=1S/C17H21N3O2/c1-2-19-9-11-20(12-10-19)15-7-5-14(6-8-15)18-17(21)16-4-3-13-22-16/h3-8,13H,2,9-12H2,1H3,(H,18,21)/p+1. The molecule has 1 fully saturated rings. The second-order valence-corrected chi connectivity index (χ2v) is 5.57. The average molecular weight is 300 g/mol. The summed E-state index contributed by atoms with van der Waals surface area (Å²) >= 11 is 0. The van der Waals surface area contributed by atoms with Crippen LogP contribution in [-0.4, -0.2) is 38.6 Å². The Hall–Kier alpha value is -2.27. The maximum absolute atomic E-state index is 11.9. The minimum absolute atomic E-state index is 0.224. The molecule has 0 spiro atoms. The first-order valence-electron chi connectivity index (χ1n) is 7.79. The van der Waals surface area contributed by atoms with E-state index in [1.807, 2.05) is 12.1 Å². The van der Waals surface area contributed by atoms with E-state index < -0.39 is 0 Å². The molecule has 2 aromatic rings. The lowest BCUT2D eigenvalue weighted by Crippen LogP contribution is -3.14. The molecule has 1 aromatic carbocycles. The van der Waals surface area contributed by atoms with Gasteiger partial charge in [-0.25, -0.2) is 0 Å². The fraction of sp³-hybridized carbons (Fsp3) is 0.353. The van der Waals surface area contributed by atoms with Gasteiger partial charge in [-0.1, -0.05) is 0 Å². The smallest absolute Gasteiger partial charge is 0.291 e. The lowest BCUT2D eigenvalue weighted by atomic mass is 10.2. The third kappa shape index (κ3) is 3.31. The highest BCUT2D eigenvalue weighted by Crippen LogP contribution is 2.18. The topological polar surface area (TPSA) is 49.9 Å². The van der Waals surface area contributed by atoms with Crippen LogP contribution in [0, 0.1) is 0 Å². The fourth-order valence-corrected chi connectivity index (χ4v) is 2.79. The summed E-state index contributed by atoms with van der Waals surface area (Å²) in [6.45, 7) is 7.98. The van der Waals surface area contributed by atoms with Gasteiger partial charge in [0.1, 0.15) is 0 Å². The molecule has 3 rings (SSSR count). The van der Waals surface area contributed by atoms with Crippen molar-refractivity contribution in [3.63, 3.8) is 0 Å². The van der Waals surface area contributed by atoms with Crippen molar-refractivity contribution < 1.29 is 14.1 Å². The van der Waals surface area contributed by atoms with Gasteiger partial charge < -0.3 is 19.5 Å². The van der Waals surface area contributed by atoms with Crippen molar-refractivity contribution in [3.05, 3.63) is 48.4 Å². The molecule has 0 atom stereocenters. The number of carbonyl (C=O) groups is 1. The second-order valence-electron chi connectivity index (χ2n) is 5.57. The van der Waals surface area contributed by atoms with Crippen LogP contribution in [0.25, 0.3) is 0 Å². The molecule has 116 valence electrons. The summed E-state index contributed by atoms with van der Waals surface area (Å²) in [6.07, 6.45) is 1.50. The highest BCUT2D eigenvalue weighted by molar-refractivity contribution is 6.02. The Bertz CT molecular complexity index is 599. The van der Waals surface area contributed by atoms with Crippen LogP contribution in [0.3, 0.4) is 0 Å². The Labute approximate surface area is 130 Å². The van der Waals surface area contributed by atoms with Crippen LogP contribution >= 0.6 is 0 Å². The third-order valence-electron chi connectivity index (χ3n) is 4.21. The summed E-state index contributed by atoms with van der Waals surface area (Å²) in [6, 6.07) is 11.4. The van der Waals surface area contributed by atoms with Crippen molar-refractivity contribution in [3.8, 4) is 0 Å². The van der Waals surface area contributed by atoms with Gasteiger partial charge >= 0.3 is 0 Å². The van der Waals surface area contributed by atoms with E-state index >= 15 is 0 Å². The van der Waals surface area contributed by atoms with E-state index in [-0.39, 0.29) is 5.91 Å². The molecule has 22 heavy (non-hydrogen) atoms. The molecule has 0 saturated carbocycles.